The normalized spacial score (nSPS) is 31.6. The maximum atomic E-state index is 5.93. The summed E-state index contributed by atoms with van der Waals surface area (Å²) in [6.45, 7) is 2.96. The molecule has 0 unspecified atom stereocenters. The van der Waals surface area contributed by atoms with Crippen molar-refractivity contribution in [2.75, 3.05) is 7.11 Å². The Balaban J connectivity index is 1.90. The predicted octanol–water partition coefficient (Wildman–Crippen LogP) is 3.53. The van der Waals surface area contributed by atoms with Crippen molar-refractivity contribution in [2.45, 2.75) is 63.5 Å². The third-order valence-corrected chi connectivity index (χ3v) is 6.02. The molecule has 3 rings (SSSR count). The smallest absolute Gasteiger partial charge is 0.125 e. The first kappa shape index (κ1) is 13.5. The molecule has 106 valence electrons. The fraction of sp³-hybridized carbons (Fsp3) is 0.800. The highest BCUT2D eigenvalue weighted by molar-refractivity contribution is 7.11. The van der Waals surface area contributed by atoms with Crippen LogP contribution in [0.3, 0.4) is 0 Å². The monoisotopic (exact) mass is 280 g/mol. The van der Waals surface area contributed by atoms with Crippen molar-refractivity contribution in [2.24, 2.45) is 11.7 Å². The van der Waals surface area contributed by atoms with E-state index >= 15 is 0 Å². The molecule has 0 radical (unpaired) electrons. The van der Waals surface area contributed by atoms with Crippen LogP contribution >= 0.6 is 11.3 Å². The first-order valence-corrected chi connectivity index (χ1v) is 8.25. The summed E-state index contributed by atoms with van der Waals surface area (Å²) in [5.41, 5.74) is 7.04. The molecule has 3 nitrogen and oxygen atoms in total. The Kier molecular flexibility index (Phi) is 3.67. The summed E-state index contributed by atoms with van der Waals surface area (Å²) in [7, 11) is 1.84. The van der Waals surface area contributed by atoms with Crippen LogP contribution in [0.25, 0.3) is 0 Å². The van der Waals surface area contributed by atoms with E-state index in [0.29, 0.717) is 12.5 Å². The molecule has 0 aliphatic heterocycles. The van der Waals surface area contributed by atoms with E-state index in [1.54, 1.807) is 11.3 Å². The molecule has 0 spiro atoms. The SMILES string of the molecule is COC1(c2nc(C3CC3)c(CN)s2)CCC(C)CC1. The number of aromatic nitrogens is 1. The minimum Gasteiger partial charge on any atom is -0.371 e. The summed E-state index contributed by atoms with van der Waals surface area (Å²) >= 11 is 1.80. The number of hydrogen-bond acceptors (Lipinski definition) is 4. The van der Waals surface area contributed by atoms with Gasteiger partial charge in [0.15, 0.2) is 0 Å². The van der Waals surface area contributed by atoms with E-state index in [4.69, 9.17) is 15.5 Å². The number of thiazole rings is 1. The molecule has 4 heteroatoms. The molecule has 0 aromatic carbocycles. The van der Waals surface area contributed by atoms with Gasteiger partial charge in [-0.2, -0.15) is 0 Å². The maximum Gasteiger partial charge on any atom is 0.125 e. The van der Waals surface area contributed by atoms with Gasteiger partial charge in [0, 0.05) is 24.4 Å². The van der Waals surface area contributed by atoms with Crippen LogP contribution in [0.2, 0.25) is 0 Å². The van der Waals surface area contributed by atoms with Crippen molar-refractivity contribution >= 4 is 11.3 Å². The van der Waals surface area contributed by atoms with Crippen molar-refractivity contribution in [3.8, 4) is 0 Å². The summed E-state index contributed by atoms with van der Waals surface area (Å²) in [6, 6.07) is 0. The summed E-state index contributed by atoms with van der Waals surface area (Å²) in [5, 5.41) is 1.18. The standard InChI is InChI=1S/C15H24N2OS/c1-10-5-7-15(18-2,8-6-10)14-17-13(11-3-4-11)12(9-16)19-14/h10-11H,3-9,16H2,1-2H3. The van der Waals surface area contributed by atoms with E-state index in [9.17, 15) is 0 Å². The number of rotatable bonds is 4. The van der Waals surface area contributed by atoms with E-state index in [0.717, 1.165) is 18.8 Å². The van der Waals surface area contributed by atoms with Gasteiger partial charge in [0.25, 0.3) is 0 Å². The van der Waals surface area contributed by atoms with Crippen LogP contribution in [0.4, 0.5) is 0 Å². The second-order valence-electron chi connectivity index (χ2n) is 6.19. The molecule has 0 bridgehead atoms. The number of nitrogens with zero attached hydrogens (tertiary/aromatic N) is 1. The molecule has 2 N–H and O–H groups in total. The average Bonchev–Trinajstić information content (AvgIpc) is 3.19. The Morgan fingerprint density at radius 3 is 2.53 bits per heavy atom. The molecule has 2 saturated carbocycles. The van der Waals surface area contributed by atoms with Crippen LogP contribution in [0.15, 0.2) is 0 Å². The van der Waals surface area contributed by atoms with Crippen LogP contribution in [0, 0.1) is 5.92 Å². The maximum absolute atomic E-state index is 5.93. The number of ether oxygens (including phenoxy) is 1. The van der Waals surface area contributed by atoms with Crippen LogP contribution in [-0.4, -0.2) is 12.1 Å². The molecule has 19 heavy (non-hydrogen) atoms. The van der Waals surface area contributed by atoms with Gasteiger partial charge in [0.2, 0.25) is 0 Å². The zero-order chi connectivity index (χ0) is 13.5. The summed E-state index contributed by atoms with van der Waals surface area (Å²) in [6.07, 6.45) is 7.26. The van der Waals surface area contributed by atoms with Gasteiger partial charge in [-0.15, -0.1) is 11.3 Å². The highest BCUT2D eigenvalue weighted by atomic mass is 32.1. The molecule has 0 saturated heterocycles. The molecule has 2 aliphatic rings. The lowest BCUT2D eigenvalue weighted by Crippen LogP contribution is -2.33. The largest absolute Gasteiger partial charge is 0.371 e. The minimum absolute atomic E-state index is 0.131. The first-order chi connectivity index (χ1) is 9.18. The second-order valence-corrected chi connectivity index (χ2v) is 7.27. The number of nitrogens with two attached hydrogens (primary N) is 1. The molecule has 0 atom stereocenters. The Labute approximate surface area is 119 Å². The Morgan fingerprint density at radius 1 is 1.32 bits per heavy atom. The van der Waals surface area contributed by atoms with E-state index in [2.05, 4.69) is 6.92 Å². The van der Waals surface area contributed by atoms with E-state index in [-0.39, 0.29) is 5.60 Å². The van der Waals surface area contributed by atoms with E-state index < -0.39 is 0 Å². The lowest BCUT2D eigenvalue weighted by atomic mass is 9.80. The van der Waals surface area contributed by atoms with Gasteiger partial charge in [0.1, 0.15) is 10.6 Å². The average molecular weight is 280 g/mol. The lowest BCUT2D eigenvalue weighted by Gasteiger charge is -2.36. The highest BCUT2D eigenvalue weighted by Crippen LogP contribution is 2.48. The van der Waals surface area contributed by atoms with Gasteiger partial charge < -0.3 is 10.5 Å². The third-order valence-electron chi connectivity index (χ3n) is 4.74. The van der Waals surface area contributed by atoms with Crippen molar-refractivity contribution in [3.63, 3.8) is 0 Å². The minimum atomic E-state index is -0.131. The van der Waals surface area contributed by atoms with Gasteiger partial charge in [-0.25, -0.2) is 4.98 Å². The van der Waals surface area contributed by atoms with Crippen molar-refractivity contribution in [3.05, 3.63) is 15.6 Å². The van der Waals surface area contributed by atoms with Gasteiger partial charge in [-0.3, -0.25) is 0 Å². The number of methoxy groups -OCH3 is 1. The molecule has 0 amide bonds. The summed E-state index contributed by atoms with van der Waals surface area (Å²) < 4.78 is 5.93. The Hall–Kier alpha value is -0.450. The predicted molar refractivity (Wildman–Crippen MR) is 78.3 cm³/mol. The fourth-order valence-electron chi connectivity index (χ4n) is 3.11. The van der Waals surface area contributed by atoms with Gasteiger partial charge >= 0.3 is 0 Å². The topological polar surface area (TPSA) is 48.1 Å². The second kappa shape index (κ2) is 5.15. The summed E-state index contributed by atoms with van der Waals surface area (Å²) in [4.78, 5) is 6.23. The highest BCUT2D eigenvalue weighted by Gasteiger charge is 2.40. The third kappa shape index (κ3) is 2.46. The van der Waals surface area contributed by atoms with Gasteiger partial charge in [0.05, 0.1) is 5.69 Å². The quantitative estimate of drug-likeness (QED) is 0.918. The van der Waals surface area contributed by atoms with Crippen molar-refractivity contribution in [1.29, 1.82) is 0 Å². The molecule has 2 fully saturated rings. The molecule has 1 heterocycles. The fourth-order valence-corrected chi connectivity index (χ4v) is 4.37. The zero-order valence-electron chi connectivity index (χ0n) is 11.9. The van der Waals surface area contributed by atoms with Crippen LogP contribution in [0.1, 0.15) is 66.9 Å². The number of hydrogen-bond donors (Lipinski definition) is 1. The molecule has 1 aromatic heterocycles. The summed E-state index contributed by atoms with van der Waals surface area (Å²) in [5.74, 6) is 1.50. The molecular weight excluding hydrogens is 256 g/mol. The zero-order valence-corrected chi connectivity index (χ0v) is 12.8. The first-order valence-electron chi connectivity index (χ1n) is 7.44. The van der Waals surface area contributed by atoms with Crippen molar-refractivity contribution in [1.82, 2.24) is 4.98 Å². The van der Waals surface area contributed by atoms with Crippen LogP contribution < -0.4 is 5.73 Å². The molecular formula is C15H24N2OS. The molecule has 2 aliphatic carbocycles. The van der Waals surface area contributed by atoms with E-state index in [1.807, 2.05) is 7.11 Å². The van der Waals surface area contributed by atoms with Crippen LogP contribution in [-0.2, 0) is 16.9 Å². The lowest BCUT2D eigenvalue weighted by molar-refractivity contribution is -0.0531. The molecule has 1 aromatic rings. The van der Waals surface area contributed by atoms with Crippen molar-refractivity contribution < 1.29 is 4.74 Å². The Bertz CT molecular complexity index is 445. The Morgan fingerprint density at radius 2 is 2.00 bits per heavy atom. The van der Waals surface area contributed by atoms with Gasteiger partial charge in [-0.05, 0) is 44.4 Å². The van der Waals surface area contributed by atoms with E-state index in [1.165, 1.54) is 41.3 Å². The van der Waals surface area contributed by atoms with Gasteiger partial charge in [-0.1, -0.05) is 6.92 Å². The van der Waals surface area contributed by atoms with Crippen LogP contribution in [0.5, 0.6) is 0 Å².